The SMILES string of the molecule is O=C(O)Cn1c(=O)[nH]c2c(Cl)cccc21. The van der Waals surface area contributed by atoms with E-state index < -0.39 is 11.7 Å². The lowest BCUT2D eigenvalue weighted by Gasteiger charge is -1.98. The van der Waals surface area contributed by atoms with E-state index in [9.17, 15) is 9.59 Å². The molecule has 0 saturated heterocycles. The Labute approximate surface area is 88.9 Å². The van der Waals surface area contributed by atoms with E-state index in [2.05, 4.69) is 4.98 Å². The molecule has 0 saturated carbocycles. The van der Waals surface area contributed by atoms with Gasteiger partial charge in [-0.15, -0.1) is 0 Å². The second kappa shape index (κ2) is 3.43. The summed E-state index contributed by atoms with van der Waals surface area (Å²) in [4.78, 5) is 24.5. The number of halogens is 1. The zero-order chi connectivity index (χ0) is 11.0. The van der Waals surface area contributed by atoms with E-state index in [-0.39, 0.29) is 6.54 Å². The van der Waals surface area contributed by atoms with Crippen LogP contribution in [0.1, 0.15) is 0 Å². The number of carboxylic acid groups (broad SMARTS) is 1. The van der Waals surface area contributed by atoms with E-state index in [1.165, 1.54) is 0 Å². The van der Waals surface area contributed by atoms with Crippen molar-refractivity contribution in [2.45, 2.75) is 6.54 Å². The number of nitrogens with zero attached hydrogens (tertiary/aromatic N) is 1. The summed E-state index contributed by atoms with van der Waals surface area (Å²) in [6, 6.07) is 4.93. The molecule has 5 nitrogen and oxygen atoms in total. The van der Waals surface area contributed by atoms with E-state index >= 15 is 0 Å². The predicted molar refractivity (Wildman–Crippen MR) is 55.2 cm³/mol. The highest BCUT2D eigenvalue weighted by atomic mass is 35.5. The summed E-state index contributed by atoms with van der Waals surface area (Å²) < 4.78 is 1.13. The summed E-state index contributed by atoms with van der Waals surface area (Å²) in [5.41, 5.74) is 0.487. The second-order valence-corrected chi connectivity index (χ2v) is 3.45. The molecule has 0 aliphatic rings. The number of hydrogen-bond acceptors (Lipinski definition) is 2. The van der Waals surface area contributed by atoms with Crippen LogP contribution < -0.4 is 5.69 Å². The molecule has 0 fully saturated rings. The number of carboxylic acids is 1. The van der Waals surface area contributed by atoms with Crippen molar-refractivity contribution in [3.8, 4) is 0 Å². The first-order valence-corrected chi connectivity index (χ1v) is 4.56. The van der Waals surface area contributed by atoms with Gasteiger partial charge in [-0.2, -0.15) is 0 Å². The summed E-state index contributed by atoms with van der Waals surface area (Å²) in [7, 11) is 0. The fraction of sp³-hybridized carbons (Fsp3) is 0.111. The number of aromatic amines is 1. The van der Waals surface area contributed by atoms with Crippen LogP contribution in [0.4, 0.5) is 0 Å². The third-order valence-corrected chi connectivity index (χ3v) is 2.37. The number of carbonyl (C=O) groups is 1. The van der Waals surface area contributed by atoms with Gasteiger partial charge in [-0.1, -0.05) is 17.7 Å². The topological polar surface area (TPSA) is 75.1 Å². The number of rotatable bonds is 2. The van der Waals surface area contributed by atoms with Gasteiger partial charge in [0, 0.05) is 0 Å². The number of aromatic nitrogens is 2. The summed E-state index contributed by atoms with van der Waals surface area (Å²) in [6.45, 7) is -0.376. The third kappa shape index (κ3) is 1.61. The molecular weight excluding hydrogens is 220 g/mol. The molecule has 1 heterocycles. The molecule has 15 heavy (non-hydrogen) atoms. The van der Waals surface area contributed by atoms with Crippen molar-refractivity contribution in [1.82, 2.24) is 9.55 Å². The highest BCUT2D eigenvalue weighted by Gasteiger charge is 2.10. The smallest absolute Gasteiger partial charge is 0.327 e. The Balaban J connectivity index is 2.74. The zero-order valence-corrected chi connectivity index (χ0v) is 8.28. The molecule has 0 radical (unpaired) electrons. The van der Waals surface area contributed by atoms with Crippen molar-refractivity contribution >= 4 is 28.6 Å². The fourth-order valence-electron chi connectivity index (χ4n) is 1.44. The molecule has 1 aromatic carbocycles. The second-order valence-electron chi connectivity index (χ2n) is 3.04. The van der Waals surface area contributed by atoms with Crippen LogP contribution >= 0.6 is 11.6 Å². The van der Waals surface area contributed by atoms with Crippen LogP contribution in [0.15, 0.2) is 23.0 Å². The third-order valence-electron chi connectivity index (χ3n) is 2.05. The van der Waals surface area contributed by atoms with Gasteiger partial charge in [0.15, 0.2) is 0 Å². The molecule has 0 spiro atoms. The quantitative estimate of drug-likeness (QED) is 0.804. The molecule has 2 N–H and O–H groups in total. The lowest BCUT2D eigenvalue weighted by atomic mass is 10.3. The first kappa shape index (κ1) is 9.79. The number of imidazole rings is 1. The Hall–Kier alpha value is -1.75. The minimum Gasteiger partial charge on any atom is -0.480 e. The van der Waals surface area contributed by atoms with Gasteiger partial charge in [0.2, 0.25) is 0 Å². The minimum absolute atomic E-state index is 0.376. The van der Waals surface area contributed by atoms with E-state index in [0.29, 0.717) is 16.1 Å². The molecule has 0 amide bonds. The maximum Gasteiger partial charge on any atom is 0.327 e. The summed E-state index contributed by atoms with van der Waals surface area (Å²) in [6.07, 6.45) is 0. The van der Waals surface area contributed by atoms with Crippen LogP contribution in [-0.4, -0.2) is 20.6 Å². The highest BCUT2D eigenvalue weighted by molar-refractivity contribution is 6.34. The van der Waals surface area contributed by atoms with Crippen molar-refractivity contribution in [2.24, 2.45) is 0 Å². The number of nitrogens with one attached hydrogen (secondary N) is 1. The van der Waals surface area contributed by atoms with Crippen LogP contribution in [-0.2, 0) is 11.3 Å². The number of hydrogen-bond donors (Lipinski definition) is 2. The predicted octanol–water partition coefficient (Wildman–Crippen LogP) is 1.07. The molecule has 0 bridgehead atoms. The van der Waals surface area contributed by atoms with Gasteiger partial charge in [0.1, 0.15) is 6.54 Å². The molecular formula is C9H7ClN2O3. The average molecular weight is 227 g/mol. The standard InChI is InChI=1S/C9H7ClN2O3/c10-5-2-1-3-6-8(5)11-9(15)12(6)4-7(13)14/h1-3H,4H2,(H,11,15)(H,13,14). The van der Waals surface area contributed by atoms with Crippen molar-refractivity contribution < 1.29 is 9.90 Å². The van der Waals surface area contributed by atoms with Crippen LogP contribution in [0.5, 0.6) is 0 Å². The number of benzene rings is 1. The Morgan fingerprint density at radius 2 is 2.27 bits per heavy atom. The average Bonchev–Trinajstić information content (AvgIpc) is 2.45. The number of aliphatic carboxylic acids is 1. The molecule has 0 unspecified atom stereocenters. The van der Waals surface area contributed by atoms with E-state index in [1.807, 2.05) is 0 Å². The lowest BCUT2D eigenvalue weighted by Crippen LogP contribution is -2.21. The van der Waals surface area contributed by atoms with Gasteiger partial charge in [0.25, 0.3) is 0 Å². The van der Waals surface area contributed by atoms with Gasteiger partial charge in [-0.3, -0.25) is 9.36 Å². The maximum absolute atomic E-state index is 11.4. The van der Waals surface area contributed by atoms with Crippen molar-refractivity contribution in [3.05, 3.63) is 33.7 Å². The first-order valence-electron chi connectivity index (χ1n) is 4.18. The molecule has 78 valence electrons. The normalized spacial score (nSPS) is 10.7. The van der Waals surface area contributed by atoms with Crippen LogP contribution in [0, 0.1) is 0 Å². The molecule has 6 heteroatoms. The Kier molecular flexibility index (Phi) is 2.24. The molecule has 2 aromatic rings. The monoisotopic (exact) mass is 226 g/mol. The number of H-pyrrole nitrogens is 1. The first-order chi connectivity index (χ1) is 7.09. The van der Waals surface area contributed by atoms with E-state index in [0.717, 1.165) is 4.57 Å². The Bertz CT molecular complexity index is 585. The molecule has 0 atom stereocenters. The minimum atomic E-state index is -1.07. The van der Waals surface area contributed by atoms with Crippen molar-refractivity contribution in [3.63, 3.8) is 0 Å². The van der Waals surface area contributed by atoms with Crippen LogP contribution in [0.2, 0.25) is 5.02 Å². The van der Waals surface area contributed by atoms with E-state index in [4.69, 9.17) is 16.7 Å². The zero-order valence-electron chi connectivity index (χ0n) is 7.53. The van der Waals surface area contributed by atoms with Crippen molar-refractivity contribution in [1.29, 1.82) is 0 Å². The van der Waals surface area contributed by atoms with Gasteiger partial charge in [-0.05, 0) is 12.1 Å². The maximum atomic E-state index is 11.4. The van der Waals surface area contributed by atoms with Gasteiger partial charge < -0.3 is 10.1 Å². The van der Waals surface area contributed by atoms with E-state index in [1.54, 1.807) is 18.2 Å². The highest BCUT2D eigenvalue weighted by Crippen LogP contribution is 2.19. The van der Waals surface area contributed by atoms with Gasteiger partial charge >= 0.3 is 11.7 Å². The summed E-state index contributed by atoms with van der Waals surface area (Å²) in [5, 5.41) is 9.03. The molecule has 1 aromatic heterocycles. The Morgan fingerprint density at radius 3 is 2.93 bits per heavy atom. The van der Waals surface area contributed by atoms with Gasteiger partial charge in [-0.25, -0.2) is 4.79 Å². The lowest BCUT2D eigenvalue weighted by molar-refractivity contribution is -0.137. The summed E-state index contributed by atoms with van der Waals surface area (Å²) >= 11 is 5.85. The van der Waals surface area contributed by atoms with Gasteiger partial charge in [0.05, 0.1) is 16.1 Å². The summed E-state index contributed by atoms with van der Waals surface area (Å²) in [5.74, 6) is -1.07. The molecule has 0 aliphatic heterocycles. The number of fused-ring (bicyclic) bond motifs is 1. The fourth-order valence-corrected chi connectivity index (χ4v) is 1.65. The number of para-hydroxylation sites is 1. The molecule has 2 rings (SSSR count). The van der Waals surface area contributed by atoms with Crippen molar-refractivity contribution in [2.75, 3.05) is 0 Å². The van der Waals surface area contributed by atoms with Crippen LogP contribution in [0.3, 0.4) is 0 Å². The van der Waals surface area contributed by atoms with Crippen LogP contribution in [0.25, 0.3) is 11.0 Å². The molecule has 0 aliphatic carbocycles. The Morgan fingerprint density at radius 1 is 1.53 bits per heavy atom. The largest absolute Gasteiger partial charge is 0.480 e.